The van der Waals surface area contributed by atoms with E-state index in [0.717, 1.165) is 5.56 Å². The molecule has 2 rings (SSSR count). The molecule has 0 aliphatic rings. The van der Waals surface area contributed by atoms with E-state index in [1.54, 1.807) is 25.1 Å². The van der Waals surface area contributed by atoms with Gasteiger partial charge in [0.05, 0.1) is 11.6 Å². The molecule has 0 saturated heterocycles. The molecular weight excluding hydrogens is 254 g/mol. The van der Waals surface area contributed by atoms with E-state index in [1.165, 1.54) is 0 Å². The van der Waals surface area contributed by atoms with E-state index < -0.39 is 5.97 Å². The number of ether oxygens (including phenoxy) is 1. The Kier molecular flexibility index (Phi) is 3.90. The Morgan fingerprint density at radius 1 is 1.25 bits per heavy atom. The van der Waals surface area contributed by atoms with Crippen molar-refractivity contribution < 1.29 is 13.9 Å². The van der Waals surface area contributed by atoms with E-state index in [1.807, 2.05) is 19.9 Å². The van der Waals surface area contributed by atoms with Crippen LogP contribution in [0.3, 0.4) is 0 Å². The average molecular weight is 269 g/mol. The number of hydrogen-bond acceptors (Lipinski definition) is 4. The van der Waals surface area contributed by atoms with Crippen molar-refractivity contribution in [1.29, 1.82) is 5.26 Å². The maximum absolute atomic E-state index is 12.1. The second kappa shape index (κ2) is 5.62. The first-order chi connectivity index (χ1) is 9.54. The zero-order chi connectivity index (χ0) is 14.7. The quantitative estimate of drug-likeness (QED) is 0.801. The van der Waals surface area contributed by atoms with Gasteiger partial charge in [-0.15, -0.1) is 0 Å². The lowest BCUT2D eigenvalue weighted by molar-refractivity contribution is 0.0469. The molecule has 20 heavy (non-hydrogen) atoms. The van der Waals surface area contributed by atoms with Crippen molar-refractivity contribution in [2.24, 2.45) is 0 Å². The number of benzene rings is 1. The molecule has 0 aliphatic heterocycles. The highest BCUT2D eigenvalue weighted by atomic mass is 16.5. The summed E-state index contributed by atoms with van der Waals surface area (Å²) >= 11 is 0. The number of hydrogen-bond donors (Lipinski definition) is 0. The Hall–Kier alpha value is -2.54. The summed E-state index contributed by atoms with van der Waals surface area (Å²) in [5.74, 6) is 0.843. The van der Waals surface area contributed by atoms with Crippen LogP contribution in [0.15, 0.2) is 28.7 Å². The van der Waals surface area contributed by atoms with Gasteiger partial charge in [-0.25, -0.2) is 4.79 Å². The molecule has 0 aliphatic carbocycles. The molecule has 4 heteroatoms. The molecule has 1 aromatic carbocycles. The highest BCUT2D eigenvalue weighted by molar-refractivity contribution is 5.92. The van der Waals surface area contributed by atoms with Gasteiger partial charge in [-0.3, -0.25) is 0 Å². The summed E-state index contributed by atoms with van der Waals surface area (Å²) in [7, 11) is 0. The molecule has 0 amide bonds. The molecule has 0 radical (unpaired) electrons. The average Bonchev–Trinajstić information content (AvgIpc) is 2.70. The van der Waals surface area contributed by atoms with Crippen molar-refractivity contribution in [1.82, 2.24) is 0 Å². The van der Waals surface area contributed by atoms with Crippen molar-refractivity contribution in [3.8, 4) is 6.07 Å². The van der Waals surface area contributed by atoms with Gasteiger partial charge in [0.15, 0.2) is 0 Å². The largest absolute Gasteiger partial charge is 0.465 e. The maximum Gasteiger partial charge on any atom is 0.342 e. The predicted octanol–water partition coefficient (Wildman–Crippen LogP) is 3.43. The summed E-state index contributed by atoms with van der Waals surface area (Å²) in [6.07, 6.45) is 0. The Labute approximate surface area is 117 Å². The highest BCUT2D eigenvalue weighted by Gasteiger charge is 2.20. The van der Waals surface area contributed by atoms with Gasteiger partial charge in [-0.05, 0) is 26.8 Å². The summed E-state index contributed by atoms with van der Waals surface area (Å²) < 4.78 is 10.7. The van der Waals surface area contributed by atoms with Gasteiger partial charge in [0.25, 0.3) is 0 Å². The lowest BCUT2D eigenvalue weighted by Gasteiger charge is -2.06. The van der Waals surface area contributed by atoms with E-state index in [2.05, 4.69) is 6.07 Å². The maximum atomic E-state index is 12.1. The number of carbonyl (C=O) groups excluding carboxylic acids is 1. The van der Waals surface area contributed by atoms with Crippen molar-refractivity contribution in [2.75, 3.05) is 0 Å². The Morgan fingerprint density at radius 3 is 2.55 bits per heavy atom. The van der Waals surface area contributed by atoms with E-state index in [0.29, 0.717) is 28.2 Å². The third kappa shape index (κ3) is 2.57. The van der Waals surface area contributed by atoms with E-state index >= 15 is 0 Å². The van der Waals surface area contributed by atoms with Crippen molar-refractivity contribution >= 4 is 5.97 Å². The lowest BCUT2D eigenvalue weighted by Crippen LogP contribution is -2.08. The number of furan rings is 1. The summed E-state index contributed by atoms with van der Waals surface area (Å²) in [4.78, 5) is 12.1. The minimum atomic E-state index is -0.426. The van der Waals surface area contributed by atoms with Crippen molar-refractivity contribution in [2.45, 2.75) is 27.4 Å². The normalized spacial score (nSPS) is 10.1. The van der Waals surface area contributed by atoms with Crippen LogP contribution >= 0.6 is 0 Å². The number of esters is 1. The first kappa shape index (κ1) is 13.9. The number of rotatable bonds is 3. The number of carbonyl (C=O) groups is 1. The molecule has 4 nitrogen and oxygen atoms in total. The number of aryl methyl sites for hydroxylation is 2. The van der Waals surface area contributed by atoms with E-state index in [9.17, 15) is 4.79 Å². The standard InChI is InChI=1S/C16H15NO3/c1-10-11(2)20-12(3)15(10)16(18)19-9-14-7-5-4-6-13(14)8-17/h4-7H,9H2,1-3H3. The van der Waals surface area contributed by atoms with Crippen LogP contribution in [0.1, 0.15) is 38.6 Å². The van der Waals surface area contributed by atoms with Gasteiger partial charge >= 0.3 is 5.97 Å². The second-order valence-corrected chi connectivity index (χ2v) is 4.56. The molecule has 0 atom stereocenters. The molecule has 0 saturated carbocycles. The molecule has 0 fully saturated rings. The monoisotopic (exact) mass is 269 g/mol. The Balaban J connectivity index is 2.15. The number of nitrogens with zero attached hydrogens (tertiary/aromatic N) is 1. The van der Waals surface area contributed by atoms with Gasteiger partial charge in [0, 0.05) is 11.1 Å². The molecule has 0 spiro atoms. The van der Waals surface area contributed by atoms with Crippen molar-refractivity contribution in [3.63, 3.8) is 0 Å². The summed E-state index contributed by atoms with van der Waals surface area (Å²) in [5, 5.41) is 8.99. The Bertz CT molecular complexity index is 692. The first-order valence-corrected chi connectivity index (χ1v) is 6.26. The molecule has 0 N–H and O–H groups in total. The predicted molar refractivity (Wildman–Crippen MR) is 73.2 cm³/mol. The van der Waals surface area contributed by atoms with Gasteiger partial charge in [-0.1, -0.05) is 18.2 Å². The Morgan fingerprint density at radius 2 is 1.95 bits per heavy atom. The van der Waals surface area contributed by atoms with Gasteiger partial charge in [-0.2, -0.15) is 5.26 Å². The summed E-state index contributed by atoms with van der Waals surface area (Å²) in [5.41, 5.74) is 2.47. The van der Waals surface area contributed by atoms with Crippen LogP contribution in [0, 0.1) is 32.1 Å². The zero-order valence-corrected chi connectivity index (χ0v) is 11.7. The zero-order valence-electron chi connectivity index (χ0n) is 11.7. The smallest absolute Gasteiger partial charge is 0.342 e. The van der Waals surface area contributed by atoms with Gasteiger partial charge < -0.3 is 9.15 Å². The topological polar surface area (TPSA) is 63.2 Å². The molecule has 1 heterocycles. The van der Waals surface area contributed by atoms with Crippen molar-refractivity contribution in [3.05, 3.63) is 58.0 Å². The van der Waals surface area contributed by atoms with Crippen LogP contribution in [0.4, 0.5) is 0 Å². The fourth-order valence-electron chi connectivity index (χ4n) is 2.06. The van der Waals surface area contributed by atoms with E-state index in [4.69, 9.17) is 14.4 Å². The van der Waals surface area contributed by atoms with Crippen LogP contribution in [0.25, 0.3) is 0 Å². The van der Waals surface area contributed by atoms with Gasteiger partial charge in [0.1, 0.15) is 23.7 Å². The van der Waals surface area contributed by atoms with Crippen LogP contribution in [0.5, 0.6) is 0 Å². The van der Waals surface area contributed by atoms with Gasteiger partial charge in [0.2, 0.25) is 0 Å². The first-order valence-electron chi connectivity index (χ1n) is 6.26. The second-order valence-electron chi connectivity index (χ2n) is 4.56. The minimum Gasteiger partial charge on any atom is -0.465 e. The highest BCUT2D eigenvalue weighted by Crippen LogP contribution is 2.22. The van der Waals surface area contributed by atoms with Crippen LogP contribution in [-0.4, -0.2) is 5.97 Å². The fraction of sp³-hybridized carbons (Fsp3) is 0.250. The SMILES string of the molecule is Cc1oc(C)c(C(=O)OCc2ccccc2C#N)c1C. The molecular formula is C16H15NO3. The summed E-state index contributed by atoms with van der Waals surface area (Å²) in [6.45, 7) is 5.45. The molecule has 0 bridgehead atoms. The fourth-order valence-corrected chi connectivity index (χ4v) is 2.06. The minimum absolute atomic E-state index is 0.0751. The van der Waals surface area contributed by atoms with E-state index in [-0.39, 0.29) is 6.61 Å². The molecule has 102 valence electrons. The molecule has 0 unspecified atom stereocenters. The molecule has 2 aromatic rings. The third-order valence-electron chi connectivity index (χ3n) is 3.26. The van der Waals surface area contributed by atoms with Crippen LogP contribution < -0.4 is 0 Å². The third-order valence-corrected chi connectivity index (χ3v) is 3.26. The van der Waals surface area contributed by atoms with Crippen LogP contribution in [-0.2, 0) is 11.3 Å². The lowest BCUT2D eigenvalue weighted by atomic mass is 10.1. The molecule has 1 aromatic heterocycles. The van der Waals surface area contributed by atoms with Crippen LogP contribution in [0.2, 0.25) is 0 Å². The number of nitriles is 1. The summed E-state index contributed by atoms with van der Waals surface area (Å²) in [6, 6.07) is 9.13.